The van der Waals surface area contributed by atoms with E-state index in [9.17, 15) is 0 Å². The number of halogens is 3. The second-order valence-electron chi connectivity index (χ2n) is 3.97. The molecule has 102 valence electrons. The molecule has 1 atom stereocenters. The number of nitrogens with zero attached hydrogens (tertiary/aromatic N) is 2. The Morgan fingerprint density at radius 2 is 2.16 bits per heavy atom. The molecule has 19 heavy (non-hydrogen) atoms. The summed E-state index contributed by atoms with van der Waals surface area (Å²) in [7, 11) is 0. The number of hydrazine groups is 1. The van der Waals surface area contributed by atoms with Crippen LogP contribution in [0.4, 0.5) is 0 Å². The quantitative estimate of drug-likeness (QED) is 0.600. The zero-order valence-electron chi connectivity index (χ0n) is 10.2. The van der Waals surface area contributed by atoms with Crippen LogP contribution in [0, 0.1) is 0 Å². The van der Waals surface area contributed by atoms with Crippen LogP contribution in [0.1, 0.15) is 24.2 Å². The molecule has 1 aromatic carbocycles. The van der Waals surface area contributed by atoms with Gasteiger partial charge in [-0.15, -0.1) is 0 Å². The minimum absolute atomic E-state index is 0.178. The number of aromatic nitrogens is 2. The third kappa shape index (κ3) is 3.03. The summed E-state index contributed by atoms with van der Waals surface area (Å²) in [5.41, 5.74) is 4.77. The smallest absolute Gasteiger partial charge is 0.0890 e. The summed E-state index contributed by atoms with van der Waals surface area (Å²) in [4.78, 5) is 0. The first-order chi connectivity index (χ1) is 9.08. The van der Waals surface area contributed by atoms with Gasteiger partial charge in [0.05, 0.1) is 27.4 Å². The summed E-state index contributed by atoms with van der Waals surface area (Å²) < 4.78 is 3.66. The summed E-state index contributed by atoms with van der Waals surface area (Å²) in [5, 5.41) is 4.95. The molecule has 0 aliphatic rings. The Labute approximate surface area is 133 Å². The average Bonchev–Trinajstić information content (AvgIpc) is 2.76. The van der Waals surface area contributed by atoms with Gasteiger partial charge in [-0.25, -0.2) is 5.43 Å². The van der Waals surface area contributed by atoms with Crippen LogP contribution < -0.4 is 11.3 Å². The Bertz CT molecular complexity index is 585. The van der Waals surface area contributed by atoms with Crippen LogP contribution in [0.15, 0.2) is 33.3 Å². The maximum Gasteiger partial charge on any atom is 0.0890 e. The molecule has 0 bridgehead atoms. The molecular weight excluding hydrogens is 395 g/mol. The van der Waals surface area contributed by atoms with E-state index >= 15 is 0 Å². The second-order valence-corrected chi connectivity index (χ2v) is 6.08. The highest BCUT2D eigenvalue weighted by Gasteiger charge is 2.21. The van der Waals surface area contributed by atoms with Crippen molar-refractivity contribution in [3.63, 3.8) is 0 Å². The fraction of sp³-hybridized carbons (Fsp3) is 0.250. The molecule has 0 saturated heterocycles. The van der Waals surface area contributed by atoms with Crippen molar-refractivity contribution in [1.82, 2.24) is 15.2 Å². The first-order valence-electron chi connectivity index (χ1n) is 5.70. The van der Waals surface area contributed by atoms with Gasteiger partial charge in [0, 0.05) is 11.0 Å². The lowest BCUT2D eigenvalue weighted by molar-refractivity contribution is 0.542. The third-order valence-corrected chi connectivity index (χ3v) is 4.69. The molecule has 0 radical (unpaired) electrons. The SMILES string of the molecule is CCn1ncc(Br)c1C(NN)c1ccc(Br)c(Cl)c1. The molecule has 7 heteroatoms. The topological polar surface area (TPSA) is 55.9 Å². The Hall–Kier alpha value is -0.400. The summed E-state index contributed by atoms with van der Waals surface area (Å²) in [6.07, 6.45) is 1.77. The monoisotopic (exact) mass is 406 g/mol. The number of rotatable bonds is 4. The van der Waals surface area contributed by atoms with Crippen molar-refractivity contribution < 1.29 is 0 Å². The molecule has 0 saturated carbocycles. The van der Waals surface area contributed by atoms with Gasteiger partial charge < -0.3 is 0 Å². The highest BCUT2D eigenvalue weighted by molar-refractivity contribution is 9.10. The molecule has 1 aromatic heterocycles. The van der Waals surface area contributed by atoms with Crippen molar-refractivity contribution in [2.75, 3.05) is 0 Å². The molecule has 0 aliphatic heterocycles. The number of nitrogens with two attached hydrogens (primary N) is 1. The van der Waals surface area contributed by atoms with Crippen LogP contribution in [0.5, 0.6) is 0 Å². The second kappa shape index (κ2) is 6.37. The van der Waals surface area contributed by atoms with Crippen molar-refractivity contribution in [2.24, 2.45) is 5.84 Å². The zero-order chi connectivity index (χ0) is 14.0. The van der Waals surface area contributed by atoms with E-state index in [1.807, 2.05) is 29.8 Å². The van der Waals surface area contributed by atoms with Crippen LogP contribution in [0.25, 0.3) is 0 Å². The van der Waals surface area contributed by atoms with Crippen molar-refractivity contribution in [2.45, 2.75) is 19.5 Å². The Kier molecular flexibility index (Phi) is 5.03. The molecule has 0 spiro atoms. The molecule has 0 amide bonds. The molecule has 2 aromatic rings. The van der Waals surface area contributed by atoms with Crippen LogP contribution in [0.3, 0.4) is 0 Å². The van der Waals surface area contributed by atoms with E-state index in [1.54, 1.807) is 6.20 Å². The van der Waals surface area contributed by atoms with Gasteiger partial charge >= 0.3 is 0 Å². The summed E-state index contributed by atoms with van der Waals surface area (Å²) in [5.74, 6) is 5.71. The molecule has 1 unspecified atom stereocenters. The van der Waals surface area contributed by atoms with Crippen molar-refractivity contribution in [3.05, 3.63) is 49.6 Å². The Balaban J connectivity index is 2.49. The van der Waals surface area contributed by atoms with Gasteiger partial charge in [-0.3, -0.25) is 10.5 Å². The van der Waals surface area contributed by atoms with E-state index < -0.39 is 0 Å². The highest BCUT2D eigenvalue weighted by atomic mass is 79.9. The van der Waals surface area contributed by atoms with Gasteiger partial charge in [-0.05, 0) is 56.5 Å². The summed E-state index contributed by atoms with van der Waals surface area (Å²) >= 11 is 13.0. The van der Waals surface area contributed by atoms with Crippen LogP contribution in [0.2, 0.25) is 5.02 Å². The summed E-state index contributed by atoms with van der Waals surface area (Å²) in [6, 6.07) is 5.58. The molecule has 0 fully saturated rings. The summed E-state index contributed by atoms with van der Waals surface area (Å²) in [6.45, 7) is 2.80. The van der Waals surface area contributed by atoms with E-state index in [1.165, 1.54) is 0 Å². The fourth-order valence-corrected chi connectivity index (χ4v) is 2.90. The predicted octanol–water partition coefficient (Wildman–Crippen LogP) is 3.63. The number of hydrogen-bond acceptors (Lipinski definition) is 3. The average molecular weight is 409 g/mol. The van der Waals surface area contributed by atoms with Gasteiger partial charge in [0.25, 0.3) is 0 Å². The van der Waals surface area contributed by atoms with Crippen molar-refractivity contribution in [3.8, 4) is 0 Å². The Morgan fingerprint density at radius 3 is 2.74 bits per heavy atom. The van der Waals surface area contributed by atoms with Crippen LogP contribution in [-0.2, 0) is 6.54 Å². The molecule has 0 aliphatic carbocycles. The number of benzene rings is 1. The number of hydrogen-bond donors (Lipinski definition) is 2. The van der Waals surface area contributed by atoms with Gasteiger partial charge in [0.1, 0.15) is 0 Å². The molecule has 4 nitrogen and oxygen atoms in total. The zero-order valence-corrected chi connectivity index (χ0v) is 14.1. The minimum Gasteiger partial charge on any atom is -0.271 e. The highest BCUT2D eigenvalue weighted by Crippen LogP contribution is 2.31. The normalized spacial score (nSPS) is 12.7. The maximum absolute atomic E-state index is 6.14. The van der Waals surface area contributed by atoms with E-state index in [0.717, 1.165) is 26.7 Å². The first kappa shape index (κ1) is 15.0. The van der Waals surface area contributed by atoms with Gasteiger partial charge in [0.15, 0.2) is 0 Å². The first-order valence-corrected chi connectivity index (χ1v) is 7.67. The molecular formula is C12H13Br2ClN4. The van der Waals surface area contributed by atoms with Crippen LogP contribution >= 0.6 is 43.5 Å². The number of nitrogens with one attached hydrogen (secondary N) is 1. The van der Waals surface area contributed by atoms with E-state index in [0.29, 0.717) is 5.02 Å². The van der Waals surface area contributed by atoms with E-state index in [4.69, 9.17) is 17.4 Å². The number of aryl methyl sites for hydroxylation is 1. The Morgan fingerprint density at radius 1 is 1.42 bits per heavy atom. The molecule has 3 N–H and O–H groups in total. The lowest BCUT2D eigenvalue weighted by atomic mass is 10.0. The lowest BCUT2D eigenvalue weighted by Gasteiger charge is -2.19. The van der Waals surface area contributed by atoms with Gasteiger partial charge in [0.2, 0.25) is 0 Å². The minimum atomic E-state index is -0.178. The maximum atomic E-state index is 6.14. The van der Waals surface area contributed by atoms with Crippen LogP contribution in [-0.4, -0.2) is 9.78 Å². The molecule has 1 heterocycles. The van der Waals surface area contributed by atoms with E-state index in [2.05, 4.69) is 42.4 Å². The largest absolute Gasteiger partial charge is 0.271 e. The predicted molar refractivity (Wildman–Crippen MR) is 83.9 cm³/mol. The van der Waals surface area contributed by atoms with Crippen molar-refractivity contribution in [1.29, 1.82) is 0 Å². The fourth-order valence-electron chi connectivity index (χ4n) is 1.94. The van der Waals surface area contributed by atoms with Crippen molar-refractivity contribution >= 4 is 43.5 Å². The molecule has 2 rings (SSSR count). The van der Waals surface area contributed by atoms with Gasteiger partial charge in [-0.1, -0.05) is 17.7 Å². The van der Waals surface area contributed by atoms with E-state index in [-0.39, 0.29) is 6.04 Å². The standard InChI is InChI=1S/C12H13Br2ClN4/c1-2-19-12(9(14)6-17-19)11(18-16)7-3-4-8(13)10(15)5-7/h3-6,11,18H,2,16H2,1H3. The lowest BCUT2D eigenvalue weighted by Crippen LogP contribution is -2.31. The van der Waals surface area contributed by atoms with Gasteiger partial charge in [-0.2, -0.15) is 5.10 Å². The third-order valence-electron chi connectivity index (χ3n) is 2.85.